The summed E-state index contributed by atoms with van der Waals surface area (Å²) in [7, 11) is 0. The van der Waals surface area contributed by atoms with Crippen molar-refractivity contribution in [3.8, 4) is 0 Å². The summed E-state index contributed by atoms with van der Waals surface area (Å²) in [6, 6.07) is -0.677. The van der Waals surface area contributed by atoms with Crippen molar-refractivity contribution in [2.45, 2.75) is 38.8 Å². The van der Waals surface area contributed by atoms with Gasteiger partial charge in [-0.05, 0) is 13.3 Å². The van der Waals surface area contributed by atoms with Gasteiger partial charge in [0.05, 0.1) is 12.7 Å². The second-order valence-corrected chi connectivity index (χ2v) is 2.94. The van der Waals surface area contributed by atoms with E-state index in [1.807, 2.05) is 6.92 Å². The minimum Gasteiger partial charge on any atom is -0.376 e. The monoisotopic (exact) mass is 174 g/mol. The molecule has 0 aromatic carbocycles. The molecule has 0 rings (SSSR count). The predicted molar refractivity (Wildman–Crippen MR) is 47.5 cm³/mol. The molecule has 0 saturated heterocycles. The fourth-order valence-corrected chi connectivity index (χ4v) is 0.840. The quantitative estimate of drug-likeness (QED) is 0.595. The second-order valence-electron chi connectivity index (χ2n) is 2.94. The lowest BCUT2D eigenvalue weighted by Crippen LogP contribution is -2.41. The van der Waals surface area contributed by atoms with E-state index in [9.17, 15) is 4.79 Å². The molecule has 2 unspecified atom stereocenters. The van der Waals surface area contributed by atoms with Crippen LogP contribution in [0, 0.1) is 0 Å². The van der Waals surface area contributed by atoms with Crippen molar-refractivity contribution in [2.75, 3.05) is 6.61 Å². The number of nitrogens with two attached hydrogens (primary N) is 2. The summed E-state index contributed by atoms with van der Waals surface area (Å²) in [6.45, 7) is 4.25. The highest BCUT2D eigenvalue weighted by molar-refractivity contribution is 5.79. The minimum atomic E-state index is -0.677. The van der Waals surface area contributed by atoms with Gasteiger partial charge in [-0.25, -0.2) is 0 Å². The minimum absolute atomic E-state index is 0.153. The van der Waals surface area contributed by atoms with Crippen molar-refractivity contribution in [1.82, 2.24) is 0 Å². The number of hydrogen-bond donors (Lipinski definition) is 2. The van der Waals surface area contributed by atoms with Gasteiger partial charge in [0, 0.05) is 0 Å². The van der Waals surface area contributed by atoms with Gasteiger partial charge in [-0.2, -0.15) is 0 Å². The molecule has 4 nitrogen and oxygen atoms in total. The van der Waals surface area contributed by atoms with Gasteiger partial charge in [-0.1, -0.05) is 13.3 Å². The first-order valence-corrected chi connectivity index (χ1v) is 4.24. The predicted octanol–water partition coefficient (Wildman–Crippen LogP) is 0.00420. The maximum Gasteiger partial charge on any atom is 0.236 e. The zero-order valence-corrected chi connectivity index (χ0v) is 7.75. The molecule has 72 valence electrons. The molecule has 0 aromatic rings. The van der Waals surface area contributed by atoms with Gasteiger partial charge in [0.2, 0.25) is 5.91 Å². The number of primary amides is 1. The lowest BCUT2D eigenvalue weighted by molar-refractivity contribution is -0.121. The third kappa shape index (κ3) is 5.09. The second kappa shape index (κ2) is 5.97. The van der Waals surface area contributed by atoms with Gasteiger partial charge < -0.3 is 16.2 Å². The first kappa shape index (κ1) is 11.4. The third-order valence-electron chi connectivity index (χ3n) is 1.62. The van der Waals surface area contributed by atoms with Crippen LogP contribution in [0.2, 0.25) is 0 Å². The Bertz CT molecular complexity index is 139. The Morgan fingerprint density at radius 1 is 1.58 bits per heavy atom. The molecule has 0 aliphatic heterocycles. The summed E-state index contributed by atoms with van der Waals surface area (Å²) in [6.07, 6.45) is 2.19. The van der Waals surface area contributed by atoms with Gasteiger partial charge in [0.25, 0.3) is 0 Å². The third-order valence-corrected chi connectivity index (χ3v) is 1.62. The van der Waals surface area contributed by atoms with Crippen molar-refractivity contribution in [3.63, 3.8) is 0 Å². The van der Waals surface area contributed by atoms with E-state index < -0.39 is 11.9 Å². The molecule has 0 fully saturated rings. The summed E-state index contributed by atoms with van der Waals surface area (Å²) in [5.41, 5.74) is 10.3. The molecule has 0 spiro atoms. The van der Waals surface area contributed by atoms with Crippen molar-refractivity contribution < 1.29 is 9.53 Å². The highest BCUT2D eigenvalue weighted by Gasteiger charge is 2.10. The fourth-order valence-electron chi connectivity index (χ4n) is 0.840. The van der Waals surface area contributed by atoms with Gasteiger partial charge in [0.15, 0.2) is 0 Å². The van der Waals surface area contributed by atoms with Crippen LogP contribution in [0.4, 0.5) is 0 Å². The van der Waals surface area contributed by atoms with E-state index in [1.54, 1.807) is 0 Å². The smallest absolute Gasteiger partial charge is 0.236 e. The topological polar surface area (TPSA) is 78.3 Å². The molecule has 12 heavy (non-hydrogen) atoms. The molecule has 0 radical (unpaired) electrons. The largest absolute Gasteiger partial charge is 0.376 e. The Hall–Kier alpha value is -0.610. The number of rotatable bonds is 6. The Morgan fingerprint density at radius 3 is 2.58 bits per heavy atom. The van der Waals surface area contributed by atoms with Crippen molar-refractivity contribution in [3.05, 3.63) is 0 Å². The molecule has 0 bridgehead atoms. The maximum absolute atomic E-state index is 10.5. The number of carbonyl (C=O) groups is 1. The molecular formula is C8H18N2O2. The van der Waals surface area contributed by atoms with Crippen molar-refractivity contribution in [1.29, 1.82) is 0 Å². The molecule has 2 atom stereocenters. The molecule has 0 aliphatic carbocycles. The summed E-state index contributed by atoms with van der Waals surface area (Å²) in [4.78, 5) is 10.5. The molecule has 4 heteroatoms. The van der Waals surface area contributed by atoms with Crippen LogP contribution >= 0.6 is 0 Å². The Labute approximate surface area is 73.2 Å². The van der Waals surface area contributed by atoms with E-state index in [0.717, 1.165) is 12.8 Å². The zero-order chi connectivity index (χ0) is 9.56. The number of ether oxygens (including phenoxy) is 1. The summed E-state index contributed by atoms with van der Waals surface area (Å²) >= 11 is 0. The van der Waals surface area contributed by atoms with E-state index >= 15 is 0 Å². The van der Waals surface area contributed by atoms with Gasteiger partial charge in [-0.3, -0.25) is 4.79 Å². The average Bonchev–Trinajstić information content (AvgIpc) is 2.00. The fraction of sp³-hybridized carbons (Fsp3) is 0.875. The number of hydrogen-bond acceptors (Lipinski definition) is 3. The van der Waals surface area contributed by atoms with Gasteiger partial charge >= 0.3 is 0 Å². The molecule has 4 N–H and O–H groups in total. The van der Waals surface area contributed by atoms with Crippen LogP contribution in [0.1, 0.15) is 26.7 Å². The van der Waals surface area contributed by atoms with Crippen molar-refractivity contribution in [2.24, 2.45) is 11.5 Å². The molecule has 0 heterocycles. The highest BCUT2D eigenvalue weighted by atomic mass is 16.5. The Balaban J connectivity index is 3.46. The van der Waals surface area contributed by atoms with Crippen LogP contribution in [0.25, 0.3) is 0 Å². The van der Waals surface area contributed by atoms with Crippen LogP contribution in [-0.4, -0.2) is 24.7 Å². The normalized spacial score (nSPS) is 15.6. The molecular weight excluding hydrogens is 156 g/mol. The first-order chi connectivity index (χ1) is 5.57. The SMILES string of the molecule is CCCC(C)OCC(N)C(N)=O. The van der Waals surface area contributed by atoms with Crippen LogP contribution in [-0.2, 0) is 9.53 Å². The van der Waals surface area contributed by atoms with Crippen LogP contribution in [0.5, 0.6) is 0 Å². The zero-order valence-electron chi connectivity index (χ0n) is 7.75. The van der Waals surface area contributed by atoms with Gasteiger partial charge in [-0.15, -0.1) is 0 Å². The highest BCUT2D eigenvalue weighted by Crippen LogP contribution is 2.00. The summed E-state index contributed by atoms with van der Waals surface area (Å²) in [5.74, 6) is -0.515. The summed E-state index contributed by atoms with van der Waals surface area (Å²) < 4.78 is 5.28. The molecule has 1 amide bonds. The van der Waals surface area contributed by atoms with Crippen LogP contribution < -0.4 is 11.5 Å². The Morgan fingerprint density at radius 2 is 2.17 bits per heavy atom. The van der Waals surface area contributed by atoms with E-state index in [2.05, 4.69) is 6.92 Å². The van der Waals surface area contributed by atoms with E-state index in [0.29, 0.717) is 0 Å². The van der Waals surface area contributed by atoms with E-state index in [4.69, 9.17) is 16.2 Å². The van der Waals surface area contributed by atoms with E-state index in [1.165, 1.54) is 0 Å². The van der Waals surface area contributed by atoms with Gasteiger partial charge in [0.1, 0.15) is 6.04 Å². The lowest BCUT2D eigenvalue weighted by Gasteiger charge is -2.14. The van der Waals surface area contributed by atoms with Crippen LogP contribution in [0.3, 0.4) is 0 Å². The standard InChI is InChI=1S/C8H18N2O2/c1-3-4-6(2)12-5-7(9)8(10)11/h6-7H,3-5,9H2,1-2H3,(H2,10,11). The lowest BCUT2D eigenvalue weighted by atomic mass is 10.2. The molecule has 0 aromatic heterocycles. The maximum atomic E-state index is 10.5. The van der Waals surface area contributed by atoms with E-state index in [-0.39, 0.29) is 12.7 Å². The number of carbonyl (C=O) groups excluding carboxylic acids is 1. The number of amides is 1. The molecule has 0 saturated carbocycles. The Kier molecular flexibility index (Phi) is 5.66. The van der Waals surface area contributed by atoms with Crippen molar-refractivity contribution >= 4 is 5.91 Å². The summed E-state index contributed by atoms with van der Waals surface area (Å²) in [5, 5.41) is 0. The molecule has 0 aliphatic rings. The first-order valence-electron chi connectivity index (χ1n) is 4.24. The van der Waals surface area contributed by atoms with Crippen LogP contribution in [0.15, 0.2) is 0 Å². The average molecular weight is 174 g/mol.